The summed E-state index contributed by atoms with van der Waals surface area (Å²) in [4.78, 5) is 4.28. The van der Waals surface area contributed by atoms with Crippen molar-refractivity contribution in [3.8, 4) is 0 Å². The molecule has 1 atom stereocenters. The topological polar surface area (TPSA) is 24.9 Å². The van der Waals surface area contributed by atoms with Crippen LogP contribution in [0, 0.1) is 0 Å². The van der Waals surface area contributed by atoms with Gasteiger partial charge in [-0.05, 0) is 24.0 Å². The van der Waals surface area contributed by atoms with Gasteiger partial charge in [0, 0.05) is 24.2 Å². The summed E-state index contributed by atoms with van der Waals surface area (Å²) in [6, 6.07) is 9.24. The van der Waals surface area contributed by atoms with Crippen molar-refractivity contribution in [3.63, 3.8) is 0 Å². The predicted octanol–water partition coefficient (Wildman–Crippen LogP) is 4.12. The second-order valence-corrected chi connectivity index (χ2v) is 5.83. The molecule has 3 heteroatoms. The standard InChI is InChI=1S/C15H20N2S/c1-11(2)13-4-6-14(7-5-13)12(3)17-10-15-16-8-9-18-15/h4-9,11-12,17H,10H2,1-3H3. The predicted molar refractivity (Wildman–Crippen MR) is 77.9 cm³/mol. The lowest BCUT2D eigenvalue weighted by atomic mass is 10.00. The Bertz CT molecular complexity index is 460. The minimum absolute atomic E-state index is 0.357. The molecule has 0 bridgehead atoms. The quantitative estimate of drug-likeness (QED) is 0.875. The lowest BCUT2D eigenvalue weighted by Crippen LogP contribution is -2.17. The first-order valence-corrected chi connectivity index (χ1v) is 7.26. The van der Waals surface area contributed by atoms with Crippen LogP contribution in [0.2, 0.25) is 0 Å². The molecule has 0 aliphatic heterocycles. The third-order valence-corrected chi connectivity index (χ3v) is 3.93. The molecule has 0 aliphatic carbocycles. The van der Waals surface area contributed by atoms with Crippen molar-refractivity contribution >= 4 is 11.3 Å². The second-order valence-electron chi connectivity index (χ2n) is 4.85. The average Bonchev–Trinajstić information content (AvgIpc) is 2.89. The molecule has 2 aromatic rings. The van der Waals surface area contributed by atoms with Gasteiger partial charge in [-0.15, -0.1) is 11.3 Å². The van der Waals surface area contributed by atoms with Crippen LogP contribution in [0.4, 0.5) is 0 Å². The summed E-state index contributed by atoms with van der Waals surface area (Å²) < 4.78 is 0. The third-order valence-electron chi connectivity index (χ3n) is 3.15. The van der Waals surface area contributed by atoms with Crippen LogP contribution in [0.25, 0.3) is 0 Å². The number of benzene rings is 1. The smallest absolute Gasteiger partial charge is 0.106 e. The van der Waals surface area contributed by atoms with E-state index in [9.17, 15) is 0 Å². The minimum Gasteiger partial charge on any atom is -0.304 e. The van der Waals surface area contributed by atoms with E-state index in [0.29, 0.717) is 12.0 Å². The zero-order valence-electron chi connectivity index (χ0n) is 11.2. The van der Waals surface area contributed by atoms with E-state index >= 15 is 0 Å². The summed E-state index contributed by atoms with van der Waals surface area (Å²) >= 11 is 1.69. The Kier molecular flexibility index (Phi) is 4.50. The molecule has 18 heavy (non-hydrogen) atoms. The molecular formula is C15H20N2S. The van der Waals surface area contributed by atoms with Gasteiger partial charge in [-0.3, -0.25) is 0 Å². The lowest BCUT2D eigenvalue weighted by Gasteiger charge is -2.14. The first kappa shape index (κ1) is 13.2. The molecule has 0 radical (unpaired) electrons. The molecule has 2 nitrogen and oxygen atoms in total. The van der Waals surface area contributed by atoms with E-state index in [4.69, 9.17) is 0 Å². The summed E-state index contributed by atoms with van der Waals surface area (Å²) in [5.41, 5.74) is 2.72. The van der Waals surface area contributed by atoms with E-state index in [1.165, 1.54) is 11.1 Å². The highest BCUT2D eigenvalue weighted by atomic mass is 32.1. The molecule has 1 unspecified atom stereocenters. The van der Waals surface area contributed by atoms with Crippen LogP contribution >= 0.6 is 11.3 Å². The van der Waals surface area contributed by atoms with Gasteiger partial charge in [0.1, 0.15) is 5.01 Å². The van der Waals surface area contributed by atoms with E-state index < -0.39 is 0 Å². The molecule has 1 aromatic carbocycles. The maximum absolute atomic E-state index is 4.28. The fraction of sp³-hybridized carbons (Fsp3) is 0.400. The van der Waals surface area contributed by atoms with Gasteiger partial charge in [-0.1, -0.05) is 38.1 Å². The number of nitrogens with one attached hydrogen (secondary N) is 1. The minimum atomic E-state index is 0.357. The highest BCUT2D eigenvalue weighted by Crippen LogP contribution is 2.19. The Labute approximate surface area is 113 Å². The van der Waals surface area contributed by atoms with Gasteiger partial charge in [-0.25, -0.2) is 4.98 Å². The van der Waals surface area contributed by atoms with Gasteiger partial charge in [0.05, 0.1) is 0 Å². The third kappa shape index (κ3) is 3.40. The van der Waals surface area contributed by atoms with Crippen LogP contribution in [0.3, 0.4) is 0 Å². The fourth-order valence-electron chi connectivity index (χ4n) is 1.87. The van der Waals surface area contributed by atoms with E-state index in [-0.39, 0.29) is 0 Å². The molecule has 0 aliphatic rings. The SMILES string of the molecule is CC(C)c1ccc(C(C)NCc2nccs2)cc1. The maximum atomic E-state index is 4.28. The molecule has 2 rings (SSSR count). The van der Waals surface area contributed by atoms with E-state index in [1.807, 2.05) is 11.6 Å². The monoisotopic (exact) mass is 260 g/mol. The number of rotatable bonds is 5. The number of hydrogen-bond acceptors (Lipinski definition) is 3. The normalized spacial score (nSPS) is 12.9. The van der Waals surface area contributed by atoms with Gasteiger partial charge in [0.2, 0.25) is 0 Å². The number of thiazole rings is 1. The fourth-order valence-corrected chi connectivity index (χ4v) is 2.44. The molecule has 0 amide bonds. The van der Waals surface area contributed by atoms with Crippen LogP contribution in [0.15, 0.2) is 35.8 Å². The Balaban J connectivity index is 1.94. The molecule has 0 spiro atoms. The van der Waals surface area contributed by atoms with E-state index in [1.54, 1.807) is 11.3 Å². The van der Waals surface area contributed by atoms with E-state index in [0.717, 1.165) is 11.6 Å². The average molecular weight is 260 g/mol. The molecular weight excluding hydrogens is 240 g/mol. The summed E-state index contributed by atoms with van der Waals surface area (Å²) in [6.45, 7) is 7.47. The van der Waals surface area contributed by atoms with Crippen LogP contribution < -0.4 is 5.32 Å². The van der Waals surface area contributed by atoms with Crippen LogP contribution in [0.5, 0.6) is 0 Å². The number of aromatic nitrogens is 1. The molecule has 1 aromatic heterocycles. The molecule has 1 heterocycles. The molecule has 96 valence electrons. The Morgan fingerprint density at radius 3 is 2.33 bits per heavy atom. The van der Waals surface area contributed by atoms with Crippen molar-refractivity contribution in [2.45, 2.75) is 39.3 Å². The summed E-state index contributed by atoms with van der Waals surface area (Å²) in [5.74, 6) is 0.595. The Morgan fingerprint density at radius 2 is 1.78 bits per heavy atom. The van der Waals surface area contributed by atoms with Crippen LogP contribution in [-0.2, 0) is 6.54 Å². The molecule has 0 saturated carbocycles. The highest BCUT2D eigenvalue weighted by Gasteiger charge is 2.06. The van der Waals surface area contributed by atoms with Gasteiger partial charge in [0.25, 0.3) is 0 Å². The molecule has 0 saturated heterocycles. The molecule has 1 N–H and O–H groups in total. The zero-order valence-corrected chi connectivity index (χ0v) is 12.0. The Morgan fingerprint density at radius 1 is 1.11 bits per heavy atom. The van der Waals surface area contributed by atoms with Crippen molar-refractivity contribution in [2.24, 2.45) is 0 Å². The van der Waals surface area contributed by atoms with E-state index in [2.05, 4.69) is 55.3 Å². The van der Waals surface area contributed by atoms with Gasteiger partial charge in [0.15, 0.2) is 0 Å². The highest BCUT2D eigenvalue weighted by molar-refractivity contribution is 7.09. The van der Waals surface area contributed by atoms with Gasteiger partial charge < -0.3 is 5.32 Å². The number of hydrogen-bond donors (Lipinski definition) is 1. The Hall–Kier alpha value is -1.19. The number of nitrogens with zero attached hydrogens (tertiary/aromatic N) is 1. The lowest BCUT2D eigenvalue weighted by molar-refractivity contribution is 0.573. The molecule has 0 fully saturated rings. The van der Waals surface area contributed by atoms with Crippen LogP contribution in [-0.4, -0.2) is 4.98 Å². The van der Waals surface area contributed by atoms with Crippen molar-refractivity contribution in [3.05, 3.63) is 52.0 Å². The van der Waals surface area contributed by atoms with Crippen molar-refractivity contribution in [1.82, 2.24) is 10.3 Å². The zero-order chi connectivity index (χ0) is 13.0. The van der Waals surface area contributed by atoms with Gasteiger partial charge >= 0.3 is 0 Å². The first-order valence-electron chi connectivity index (χ1n) is 6.38. The maximum Gasteiger partial charge on any atom is 0.106 e. The largest absolute Gasteiger partial charge is 0.304 e. The summed E-state index contributed by atoms with van der Waals surface area (Å²) in [5, 5.41) is 6.65. The van der Waals surface area contributed by atoms with Crippen molar-refractivity contribution < 1.29 is 0 Å². The van der Waals surface area contributed by atoms with Crippen molar-refractivity contribution in [2.75, 3.05) is 0 Å². The first-order chi connectivity index (χ1) is 8.66. The van der Waals surface area contributed by atoms with Gasteiger partial charge in [-0.2, -0.15) is 0 Å². The van der Waals surface area contributed by atoms with Crippen LogP contribution in [0.1, 0.15) is 48.9 Å². The summed E-state index contributed by atoms with van der Waals surface area (Å²) in [7, 11) is 0. The summed E-state index contributed by atoms with van der Waals surface area (Å²) in [6.07, 6.45) is 1.85. The van der Waals surface area contributed by atoms with Crippen molar-refractivity contribution in [1.29, 1.82) is 0 Å². The second kappa shape index (κ2) is 6.12.